The molecule has 0 saturated carbocycles. The van der Waals surface area contributed by atoms with Crippen LogP contribution in [0.2, 0.25) is 0 Å². The minimum atomic E-state index is -0.892. The zero-order valence-electron chi connectivity index (χ0n) is 19.7. The van der Waals surface area contributed by atoms with E-state index in [4.69, 9.17) is 9.15 Å². The molecule has 0 aliphatic heterocycles. The molecule has 0 spiro atoms. The highest BCUT2D eigenvalue weighted by molar-refractivity contribution is 7.15. The number of furan rings is 1. The summed E-state index contributed by atoms with van der Waals surface area (Å²) in [5.74, 6) is -0.694. The number of carbonyl (C=O) groups is 2. The summed E-state index contributed by atoms with van der Waals surface area (Å²) in [6.45, 7) is 3.86. The number of aromatic nitrogens is 1. The molecule has 4 aromatic rings. The van der Waals surface area contributed by atoms with Crippen molar-refractivity contribution in [3.8, 4) is 10.8 Å². The number of nitrogens with one attached hydrogen (secondary N) is 1. The third-order valence-corrected chi connectivity index (χ3v) is 7.64. The Labute approximate surface area is 205 Å². The highest BCUT2D eigenvalue weighted by Gasteiger charge is 2.27. The summed E-state index contributed by atoms with van der Waals surface area (Å²) >= 11 is 1.56. The van der Waals surface area contributed by atoms with E-state index >= 15 is 0 Å². The maximum atomic E-state index is 12.6. The van der Waals surface area contributed by atoms with Crippen LogP contribution in [0.25, 0.3) is 16.0 Å². The van der Waals surface area contributed by atoms with Crippen molar-refractivity contribution in [3.05, 3.63) is 69.0 Å². The topological polar surface area (TPSA) is 106 Å². The molecule has 8 nitrogen and oxygen atoms in total. The molecule has 1 aliphatic carbocycles. The van der Waals surface area contributed by atoms with Gasteiger partial charge in [-0.2, -0.15) is 5.10 Å². The first-order chi connectivity index (χ1) is 16.9. The average molecular weight is 492 g/mol. The molecule has 0 radical (unpaired) electrons. The van der Waals surface area contributed by atoms with E-state index in [9.17, 15) is 14.7 Å². The Kier molecular flexibility index (Phi) is 5.94. The number of hydrazone groups is 1. The second kappa shape index (κ2) is 9.07. The molecule has 0 bridgehead atoms. The molecule has 1 aromatic carbocycles. The summed E-state index contributed by atoms with van der Waals surface area (Å²) in [5.41, 5.74) is 6.93. The number of nitrogens with zero attached hydrogens (tertiary/aromatic N) is 2. The zero-order valence-corrected chi connectivity index (χ0v) is 20.5. The van der Waals surface area contributed by atoms with E-state index in [1.165, 1.54) is 4.88 Å². The van der Waals surface area contributed by atoms with Crippen molar-refractivity contribution >= 4 is 40.4 Å². The van der Waals surface area contributed by atoms with Crippen LogP contribution >= 0.6 is 11.3 Å². The molecule has 5 rings (SSSR count). The Morgan fingerprint density at radius 1 is 1.23 bits per heavy atom. The number of aryl methyl sites for hydroxylation is 2. The van der Waals surface area contributed by atoms with E-state index in [2.05, 4.69) is 10.5 Å². The first-order valence-electron chi connectivity index (χ1n) is 11.4. The van der Waals surface area contributed by atoms with Crippen LogP contribution in [0.15, 0.2) is 39.9 Å². The molecule has 180 valence electrons. The van der Waals surface area contributed by atoms with Gasteiger partial charge in [-0.15, -0.1) is 11.3 Å². The van der Waals surface area contributed by atoms with Gasteiger partial charge in [0.1, 0.15) is 5.00 Å². The van der Waals surface area contributed by atoms with Gasteiger partial charge in [0.05, 0.1) is 18.9 Å². The summed E-state index contributed by atoms with van der Waals surface area (Å²) in [7, 11) is 1.54. The fraction of sp³-hybridized carbons (Fsp3) is 0.269. The number of carboxylic acid groups (broad SMARTS) is 1. The van der Waals surface area contributed by atoms with Crippen molar-refractivity contribution in [1.82, 2.24) is 9.99 Å². The quantitative estimate of drug-likeness (QED) is 0.283. The number of carbonyl (C=O) groups excluding carboxylic acids is 1. The zero-order chi connectivity index (χ0) is 24.7. The van der Waals surface area contributed by atoms with E-state index in [1.807, 2.05) is 36.6 Å². The number of thiophene rings is 1. The predicted octanol–water partition coefficient (Wildman–Crippen LogP) is 5.25. The minimum absolute atomic E-state index is 0.127. The van der Waals surface area contributed by atoms with Gasteiger partial charge in [-0.25, -0.2) is 10.2 Å². The lowest BCUT2D eigenvalue weighted by molar-refractivity contribution is 0.0695. The third-order valence-electron chi connectivity index (χ3n) is 6.36. The van der Waals surface area contributed by atoms with Crippen molar-refractivity contribution in [1.29, 1.82) is 0 Å². The fourth-order valence-electron chi connectivity index (χ4n) is 4.68. The molecule has 35 heavy (non-hydrogen) atoms. The number of hydrogen-bond donors (Lipinski definition) is 2. The van der Waals surface area contributed by atoms with Crippen LogP contribution in [0, 0.1) is 13.8 Å². The molecule has 1 aliphatic rings. The Hall–Kier alpha value is -3.85. The molecule has 0 unspecified atom stereocenters. The number of rotatable bonds is 6. The number of methoxy groups -OCH3 is 1. The number of carboxylic acids is 1. The van der Waals surface area contributed by atoms with Crippen LogP contribution in [0.5, 0.6) is 5.75 Å². The van der Waals surface area contributed by atoms with Crippen LogP contribution < -0.4 is 10.2 Å². The van der Waals surface area contributed by atoms with Crippen LogP contribution in [0.4, 0.5) is 0 Å². The van der Waals surface area contributed by atoms with Gasteiger partial charge in [-0.1, -0.05) is 12.1 Å². The van der Waals surface area contributed by atoms with E-state index in [1.54, 1.807) is 36.8 Å². The lowest BCUT2D eigenvalue weighted by Gasteiger charge is -2.11. The van der Waals surface area contributed by atoms with E-state index < -0.39 is 11.9 Å². The molecular formula is C26H25N3O5S. The lowest BCUT2D eigenvalue weighted by Crippen LogP contribution is -2.16. The number of aromatic carboxylic acids is 1. The second-order valence-electron chi connectivity index (χ2n) is 8.55. The number of ether oxygens (including phenoxy) is 1. The summed E-state index contributed by atoms with van der Waals surface area (Å²) in [6, 6.07) is 9.00. The van der Waals surface area contributed by atoms with Crippen LogP contribution in [-0.2, 0) is 12.8 Å². The number of benzene rings is 1. The number of hydrogen-bond acceptors (Lipinski definition) is 6. The molecule has 2 N–H and O–H groups in total. The molecule has 1 amide bonds. The van der Waals surface area contributed by atoms with Gasteiger partial charge in [-0.3, -0.25) is 4.79 Å². The Morgan fingerprint density at radius 3 is 2.80 bits per heavy atom. The van der Waals surface area contributed by atoms with E-state index in [-0.39, 0.29) is 5.76 Å². The molecule has 0 atom stereocenters. The summed E-state index contributed by atoms with van der Waals surface area (Å²) in [4.78, 5) is 25.9. The highest BCUT2D eigenvalue weighted by Crippen LogP contribution is 2.38. The highest BCUT2D eigenvalue weighted by atomic mass is 32.1. The summed E-state index contributed by atoms with van der Waals surface area (Å²) in [5, 5.41) is 15.6. The van der Waals surface area contributed by atoms with Crippen molar-refractivity contribution < 1.29 is 23.8 Å². The first kappa shape index (κ1) is 22.9. The van der Waals surface area contributed by atoms with Crippen molar-refractivity contribution in [2.24, 2.45) is 5.10 Å². The van der Waals surface area contributed by atoms with Gasteiger partial charge >= 0.3 is 11.9 Å². The van der Waals surface area contributed by atoms with Gasteiger partial charge < -0.3 is 18.8 Å². The Balaban J connectivity index is 1.41. The SMILES string of the molecule is COc1cccc2cc(C(=O)NN=Cc3cc(C)n(-c4sc5c(c4C(=O)O)CCCC5)c3C)oc12. The van der Waals surface area contributed by atoms with Gasteiger partial charge in [0, 0.05) is 27.2 Å². The van der Waals surface area contributed by atoms with Gasteiger partial charge in [0.15, 0.2) is 17.1 Å². The molecule has 3 aromatic heterocycles. The maximum Gasteiger partial charge on any atom is 0.339 e. The third kappa shape index (κ3) is 4.01. The van der Waals surface area contributed by atoms with Gasteiger partial charge in [0.25, 0.3) is 0 Å². The largest absolute Gasteiger partial charge is 0.493 e. The minimum Gasteiger partial charge on any atom is -0.493 e. The number of amides is 1. The van der Waals surface area contributed by atoms with Crippen molar-refractivity contribution in [2.75, 3.05) is 7.11 Å². The van der Waals surface area contributed by atoms with Crippen LogP contribution in [-0.4, -0.2) is 34.9 Å². The molecule has 3 heterocycles. The summed E-state index contributed by atoms with van der Waals surface area (Å²) < 4.78 is 12.9. The summed E-state index contributed by atoms with van der Waals surface area (Å²) in [6.07, 6.45) is 5.40. The van der Waals surface area contributed by atoms with Gasteiger partial charge in [-0.05, 0) is 63.3 Å². The fourth-order valence-corrected chi connectivity index (χ4v) is 6.18. The molecule has 0 fully saturated rings. The average Bonchev–Trinajstić information content (AvgIpc) is 3.51. The van der Waals surface area contributed by atoms with E-state index in [0.717, 1.165) is 58.6 Å². The van der Waals surface area contributed by atoms with Gasteiger partial charge in [0.2, 0.25) is 0 Å². The normalized spacial score (nSPS) is 13.3. The Bertz CT molecular complexity index is 1490. The molecule has 0 saturated heterocycles. The Morgan fingerprint density at radius 2 is 2.03 bits per heavy atom. The monoisotopic (exact) mass is 491 g/mol. The molecular weight excluding hydrogens is 466 g/mol. The first-order valence-corrected chi connectivity index (χ1v) is 12.2. The van der Waals surface area contributed by atoms with Crippen molar-refractivity contribution in [3.63, 3.8) is 0 Å². The standard InChI is InChI=1S/C26H25N3O5S/c1-14-11-17(13-27-28-24(30)20-12-16-7-6-9-19(33-3)23(16)34-20)15(2)29(14)25-22(26(31)32)18-8-4-5-10-21(18)35-25/h6-7,9,11-13H,4-5,8,10H2,1-3H3,(H,28,30)(H,31,32). The predicted molar refractivity (Wildman–Crippen MR) is 135 cm³/mol. The smallest absolute Gasteiger partial charge is 0.339 e. The number of fused-ring (bicyclic) bond motifs is 2. The van der Waals surface area contributed by atoms with E-state index in [0.29, 0.717) is 16.9 Å². The van der Waals surface area contributed by atoms with Crippen molar-refractivity contribution in [2.45, 2.75) is 39.5 Å². The number of para-hydroxylation sites is 1. The van der Waals surface area contributed by atoms with Crippen LogP contribution in [0.3, 0.4) is 0 Å². The second-order valence-corrected chi connectivity index (χ2v) is 9.63. The maximum absolute atomic E-state index is 12.6. The molecule has 9 heteroatoms. The lowest BCUT2D eigenvalue weighted by atomic mass is 9.95. The van der Waals surface area contributed by atoms with Crippen LogP contribution in [0.1, 0.15) is 61.1 Å².